The summed E-state index contributed by atoms with van der Waals surface area (Å²) in [6.07, 6.45) is 3.41. The number of benzene rings is 2. The van der Waals surface area contributed by atoms with E-state index in [-0.39, 0.29) is 18.4 Å². The van der Waals surface area contributed by atoms with Crippen LogP contribution in [0.1, 0.15) is 41.3 Å². The molecule has 1 aliphatic carbocycles. The third kappa shape index (κ3) is 3.42. The van der Waals surface area contributed by atoms with Crippen molar-refractivity contribution in [2.75, 3.05) is 18.0 Å². The third-order valence-corrected chi connectivity index (χ3v) is 5.21. The van der Waals surface area contributed by atoms with Gasteiger partial charge in [0.1, 0.15) is 5.75 Å². The average Bonchev–Trinajstić information content (AvgIpc) is 3.18. The van der Waals surface area contributed by atoms with Crippen molar-refractivity contribution in [1.29, 1.82) is 0 Å². The number of carbonyl (C=O) groups excluding carboxylic acids is 2. The molecule has 0 fully saturated rings. The lowest BCUT2D eigenvalue weighted by Crippen LogP contribution is -2.50. The molecule has 0 spiro atoms. The number of carbonyl (C=O) groups is 2. The van der Waals surface area contributed by atoms with E-state index in [0.29, 0.717) is 23.5 Å². The Balaban J connectivity index is 1.63. The smallest absolute Gasteiger partial charge is 0.262 e. The van der Waals surface area contributed by atoms with Gasteiger partial charge in [-0.2, -0.15) is 0 Å². The van der Waals surface area contributed by atoms with Crippen molar-refractivity contribution in [3.05, 3.63) is 59.2 Å². The van der Waals surface area contributed by atoms with Gasteiger partial charge in [0.05, 0.1) is 12.2 Å². The zero-order valence-corrected chi connectivity index (χ0v) is 15.5. The maximum absolute atomic E-state index is 13.3. The van der Waals surface area contributed by atoms with Crippen molar-refractivity contribution in [1.82, 2.24) is 5.32 Å². The van der Waals surface area contributed by atoms with Crippen LogP contribution in [0.15, 0.2) is 42.5 Å². The summed E-state index contributed by atoms with van der Waals surface area (Å²) in [5.74, 6) is 0.293. The summed E-state index contributed by atoms with van der Waals surface area (Å²) >= 11 is 0. The predicted molar refractivity (Wildman–Crippen MR) is 104 cm³/mol. The summed E-state index contributed by atoms with van der Waals surface area (Å²) in [6, 6.07) is 13.4. The van der Waals surface area contributed by atoms with Crippen LogP contribution in [0, 0.1) is 0 Å². The number of para-hydroxylation sites is 2. The fourth-order valence-corrected chi connectivity index (χ4v) is 3.79. The molecule has 4 rings (SSSR count). The van der Waals surface area contributed by atoms with Crippen molar-refractivity contribution >= 4 is 17.5 Å². The Morgan fingerprint density at radius 1 is 1.15 bits per heavy atom. The molecule has 140 valence electrons. The molecule has 5 heteroatoms. The van der Waals surface area contributed by atoms with Crippen molar-refractivity contribution < 1.29 is 14.3 Å². The van der Waals surface area contributed by atoms with E-state index in [1.807, 2.05) is 37.3 Å². The highest BCUT2D eigenvalue weighted by molar-refractivity contribution is 6.08. The molecule has 1 atom stereocenters. The number of anilines is 1. The first-order chi connectivity index (χ1) is 13.2. The lowest BCUT2D eigenvalue weighted by molar-refractivity contribution is -0.127. The molecule has 27 heavy (non-hydrogen) atoms. The normalized spacial score (nSPS) is 17.7. The van der Waals surface area contributed by atoms with Crippen LogP contribution in [0.4, 0.5) is 5.69 Å². The van der Waals surface area contributed by atoms with Crippen molar-refractivity contribution in [3.8, 4) is 5.75 Å². The Bertz CT molecular complexity index is 878. The third-order valence-electron chi connectivity index (χ3n) is 5.21. The average molecular weight is 364 g/mol. The van der Waals surface area contributed by atoms with E-state index in [2.05, 4.69) is 11.4 Å². The molecular formula is C22H24N2O3. The minimum Gasteiger partial charge on any atom is -0.477 e. The molecule has 0 radical (unpaired) electrons. The zero-order valence-electron chi connectivity index (χ0n) is 15.5. The van der Waals surface area contributed by atoms with E-state index in [9.17, 15) is 9.59 Å². The summed E-state index contributed by atoms with van der Waals surface area (Å²) in [7, 11) is 0. The minimum atomic E-state index is -0.704. The lowest BCUT2D eigenvalue weighted by Gasteiger charge is -2.34. The van der Waals surface area contributed by atoms with Gasteiger partial charge in [0.25, 0.3) is 11.8 Å². The SMILES string of the molecule is CCCNC(=O)C1CN(C(=O)c2ccc3c(c2)CCC3)c2ccccc2O1. The van der Waals surface area contributed by atoms with Gasteiger partial charge >= 0.3 is 0 Å². The molecule has 0 saturated carbocycles. The van der Waals surface area contributed by atoms with Crippen LogP contribution in [-0.2, 0) is 17.6 Å². The van der Waals surface area contributed by atoms with Crippen LogP contribution in [0.25, 0.3) is 0 Å². The van der Waals surface area contributed by atoms with E-state index >= 15 is 0 Å². The molecule has 1 aliphatic heterocycles. The summed E-state index contributed by atoms with van der Waals surface area (Å²) in [5, 5.41) is 2.86. The second-order valence-electron chi connectivity index (χ2n) is 7.12. The van der Waals surface area contributed by atoms with Gasteiger partial charge in [0.15, 0.2) is 6.10 Å². The molecule has 2 aromatic rings. The van der Waals surface area contributed by atoms with Crippen LogP contribution < -0.4 is 15.0 Å². The largest absolute Gasteiger partial charge is 0.477 e. The highest BCUT2D eigenvalue weighted by atomic mass is 16.5. The lowest BCUT2D eigenvalue weighted by atomic mass is 10.0. The summed E-state index contributed by atoms with van der Waals surface area (Å²) < 4.78 is 5.88. The van der Waals surface area contributed by atoms with Crippen LogP contribution in [0.5, 0.6) is 5.75 Å². The monoisotopic (exact) mass is 364 g/mol. The molecule has 2 amide bonds. The highest BCUT2D eigenvalue weighted by Gasteiger charge is 2.34. The van der Waals surface area contributed by atoms with Crippen molar-refractivity contribution in [2.24, 2.45) is 0 Å². The van der Waals surface area contributed by atoms with E-state index in [1.165, 1.54) is 11.1 Å². The number of nitrogens with zero attached hydrogens (tertiary/aromatic N) is 1. The Morgan fingerprint density at radius 3 is 2.81 bits per heavy atom. The van der Waals surface area contributed by atoms with Gasteiger partial charge < -0.3 is 15.0 Å². The molecule has 1 N–H and O–H groups in total. The second kappa shape index (κ2) is 7.43. The highest BCUT2D eigenvalue weighted by Crippen LogP contribution is 2.34. The van der Waals surface area contributed by atoms with Gasteiger partial charge in [0.2, 0.25) is 0 Å². The zero-order chi connectivity index (χ0) is 18.8. The van der Waals surface area contributed by atoms with E-state index in [4.69, 9.17) is 4.74 Å². The van der Waals surface area contributed by atoms with Crippen LogP contribution in [0.3, 0.4) is 0 Å². The first-order valence-electron chi connectivity index (χ1n) is 9.64. The standard InChI is InChI=1S/C22H24N2O3/c1-2-12-23-21(25)20-14-24(18-8-3-4-9-19(18)27-20)22(26)17-11-10-15-6-5-7-16(15)13-17/h3-4,8-11,13,20H,2,5-7,12,14H2,1H3,(H,23,25). The maximum Gasteiger partial charge on any atom is 0.262 e. The van der Waals surface area contributed by atoms with E-state index in [1.54, 1.807) is 11.0 Å². The second-order valence-corrected chi connectivity index (χ2v) is 7.12. The Hall–Kier alpha value is -2.82. The number of fused-ring (bicyclic) bond motifs is 2. The number of nitrogens with one attached hydrogen (secondary N) is 1. The molecule has 0 saturated heterocycles. The van der Waals surface area contributed by atoms with Crippen molar-refractivity contribution in [3.63, 3.8) is 0 Å². The summed E-state index contributed by atoms with van der Waals surface area (Å²) in [4.78, 5) is 27.4. The number of rotatable bonds is 4. The molecule has 0 aromatic heterocycles. The molecular weight excluding hydrogens is 340 g/mol. The Kier molecular flexibility index (Phi) is 4.84. The van der Waals surface area contributed by atoms with Crippen LogP contribution >= 0.6 is 0 Å². The summed E-state index contributed by atoms with van der Waals surface area (Å²) in [5.41, 5.74) is 3.98. The molecule has 1 heterocycles. The maximum atomic E-state index is 13.3. The van der Waals surface area contributed by atoms with Crippen LogP contribution in [-0.4, -0.2) is 31.0 Å². The minimum absolute atomic E-state index is 0.0891. The fourth-order valence-electron chi connectivity index (χ4n) is 3.79. The quantitative estimate of drug-likeness (QED) is 0.907. The number of amides is 2. The van der Waals surface area contributed by atoms with Gasteiger partial charge in [0, 0.05) is 12.1 Å². The predicted octanol–water partition coefficient (Wildman–Crippen LogP) is 3.11. The number of hydrogen-bond acceptors (Lipinski definition) is 3. The van der Waals surface area contributed by atoms with E-state index in [0.717, 1.165) is 25.7 Å². The molecule has 5 nitrogen and oxygen atoms in total. The van der Waals surface area contributed by atoms with Gasteiger partial charge in [-0.15, -0.1) is 0 Å². The first-order valence-corrected chi connectivity index (χ1v) is 9.64. The molecule has 2 aliphatic rings. The number of hydrogen-bond donors (Lipinski definition) is 1. The molecule has 1 unspecified atom stereocenters. The first kappa shape index (κ1) is 17.6. The Morgan fingerprint density at radius 2 is 1.96 bits per heavy atom. The van der Waals surface area contributed by atoms with Gasteiger partial charge in [-0.25, -0.2) is 0 Å². The summed E-state index contributed by atoms with van der Waals surface area (Å²) in [6.45, 7) is 2.81. The topological polar surface area (TPSA) is 58.6 Å². The Labute approximate surface area is 159 Å². The number of aryl methyl sites for hydroxylation is 2. The fraction of sp³-hybridized carbons (Fsp3) is 0.364. The van der Waals surface area contributed by atoms with Crippen LogP contribution in [0.2, 0.25) is 0 Å². The van der Waals surface area contributed by atoms with Gasteiger partial charge in [-0.05, 0) is 61.1 Å². The molecule has 0 bridgehead atoms. The van der Waals surface area contributed by atoms with E-state index < -0.39 is 6.10 Å². The van der Waals surface area contributed by atoms with Gasteiger partial charge in [-0.3, -0.25) is 9.59 Å². The number of ether oxygens (including phenoxy) is 1. The molecule has 2 aromatic carbocycles. The van der Waals surface area contributed by atoms with Gasteiger partial charge in [-0.1, -0.05) is 25.1 Å². The van der Waals surface area contributed by atoms with Crippen molar-refractivity contribution in [2.45, 2.75) is 38.7 Å².